The third-order valence-corrected chi connectivity index (χ3v) is 2.78. The van der Waals surface area contributed by atoms with Crippen molar-refractivity contribution in [3.8, 4) is 11.8 Å². The van der Waals surface area contributed by atoms with Gasteiger partial charge in [0.1, 0.15) is 0 Å². The van der Waals surface area contributed by atoms with Gasteiger partial charge in [0, 0.05) is 17.7 Å². The lowest BCUT2D eigenvalue weighted by Crippen LogP contribution is -2.25. The van der Waals surface area contributed by atoms with E-state index in [1.54, 1.807) is 12.1 Å². The van der Waals surface area contributed by atoms with Gasteiger partial charge in [0.05, 0.1) is 6.54 Å². The first-order valence-corrected chi connectivity index (χ1v) is 6.85. The number of unbranched alkanes of at least 4 members (excludes halogenated alkanes) is 1. The highest BCUT2D eigenvalue weighted by Gasteiger charge is 2.04. The van der Waals surface area contributed by atoms with Gasteiger partial charge in [0.2, 0.25) is 0 Å². The summed E-state index contributed by atoms with van der Waals surface area (Å²) >= 11 is 0. The fourth-order valence-electron chi connectivity index (χ4n) is 1.75. The van der Waals surface area contributed by atoms with Crippen LogP contribution >= 0.6 is 0 Å². The van der Waals surface area contributed by atoms with Crippen LogP contribution in [0.25, 0.3) is 0 Å². The van der Waals surface area contributed by atoms with Crippen molar-refractivity contribution in [3.63, 3.8) is 0 Å². The number of nitrogens with two attached hydrogens (primary N) is 1. The van der Waals surface area contributed by atoms with E-state index < -0.39 is 0 Å². The molecule has 108 valence electrons. The van der Waals surface area contributed by atoms with Gasteiger partial charge in [-0.1, -0.05) is 17.9 Å². The van der Waals surface area contributed by atoms with Crippen molar-refractivity contribution >= 4 is 5.91 Å². The molecule has 0 radical (unpaired) electrons. The van der Waals surface area contributed by atoms with E-state index in [2.05, 4.69) is 22.1 Å². The molecular weight excluding hydrogens is 250 g/mol. The predicted molar refractivity (Wildman–Crippen MR) is 82.5 cm³/mol. The SMILES string of the molecule is CN(C)CCCCNC(=O)c1cccc(C#CCN)c1. The summed E-state index contributed by atoms with van der Waals surface area (Å²) < 4.78 is 0. The van der Waals surface area contributed by atoms with E-state index in [9.17, 15) is 4.79 Å². The van der Waals surface area contributed by atoms with Gasteiger partial charge in [-0.05, 0) is 51.7 Å². The van der Waals surface area contributed by atoms with Crippen molar-refractivity contribution in [3.05, 3.63) is 35.4 Å². The first kappa shape index (κ1) is 16.2. The molecule has 0 atom stereocenters. The molecule has 0 spiro atoms. The summed E-state index contributed by atoms with van der Waals surface area (Å²) in [5.41, 5.74) is 6.79. The van der Waals surface area contributed by atoms with Crippen LogP contribution in [-0.4, -0.2) is 44.5 Å². The molecule has 1 aromatic carbocycles. The fraction of sp³-hybridized carbons (Fsp3) is 0.438. The zero-order valence-electron chi connectivity index (χ0n) is 12.3. The Balaban J connectivity index is 2.43. The Hall–Kier alpha value is -1.83. The molecule has 0 saturated carbocycles. The zero-order chi connectivity index (χ0) is 14.8. The third-order valence-electron chi connectivity index (χ3n) is 2.78. The second-order valence-electron chi connectivity index (χ2n) is 4.85. The Morgan fingerprint density at radius 3 is 2.85 bits per heavy atom. The van der Waals surface area contributed by atoms with Crippen molar-refractivity contribution in [1.29, 1.82) is 0 Å². The molecule has 4 nitrogen and oxygen atoms in total. The maximum absolute atomic E-state index is 12.0. The van der Waals surface area contributed by atoms with Gasteiger partial charge in [-0.3, -0.25) is 4.79 Å². The third kappa shape index (κ3) is 6.37. The molecule has 0 aromatic heterocycles. The Kier molecular flexibility index (Phi) is 7.41. The smallest absolute Gasteiger partial charge is 0.251 e. The summed E-state index contributed by atoms with van der Waals surface area (Å²) in [6, 6.07) is 7.29. The molecule has 20 heavy (non-hydrogen) atoms. The lowest BCUT2D eigenvalue weighted by molar-refractivity contribution is 0.0952. The van der Waals surface area contributed by atoms with Crippen molar-refractivity contribution < 1.29 is 4.79 Å². The minimum atomic E-state index is -0.0498. The Morgan fingerprint density at radius 2 is 2.15 bits per heavy atom. The second kappa shape index (κ2) is 9.13. The second-order valence-corrected chi connectivity index (χ2v) is 4.85. The normalized spacial score (nSPS) is 10.0. The number of carbonyl (C=O) groups excluding carboxylic acids is 1. The maximum atomic E-state index is 12.0. The van der Waals surface area contributed by atoms with E-state index >= 15 is 0 Å². The minimum Gasteiger partial charge on any atom is -0.352 e. The zero-order valence-corrected chi connectivity index (χ0v) is 12.3. The largest absolute Gasteiger partial charge is 0.352 e. The summed E-state index contributed by atoms with van der Waals surface area (Å²) in [6.45, 7) is 2.06. The van der Waals surface area contributed by atoms with Crippen LogP contribution in [-0.2, 0) is 0 Å². The van der Waals surface area contributed by atoms with E-state index in [1.165, 1.54) is 0 Å². The van der Waals surface area contributed by atoms with E-state index in [-0.39, 0.29) is 5.91 Å². The van der Waals surface area contributed by atoms with Crippen molar-refractivity contribution in [2.45, 2.75) is 12.8 Å². The molecule has 0 unspecified atom stereocenters. The summed E-state index contributed by atoms with van der Waals surface area (Å²) in [6.07, 6.45) is 2.06. The average molecular weight is 273 g/mol. The van der Waals surface area contributed by atoms with Crippen LogP contribution in [0.15, 0.2) is 24.3 Å². The molecular formula is C16H23N3O. The average Bonchev–Trinajstić information content (AvgIpc) is 2.44. The van der Waals surface area contributed by atoms with Gasteiger partial charge in [0.15, 0.2) is 0 Å². The van der Waals surface area contributed by atoms with Gasteiger partial charge < -0.3 is 16.0 Å². The molecule has 3 N–H and O–H groups in total. The highest BCUT2D eigenvalue weighted by atomic mass is 16.1. The van der Waals surface area contributed by atoms with Gasteiger partial charge in [-0.15, -0.1) is 0 Å². The lowest BCUT2D eigenvalue weighted by Gasteiger charge is -2.09. The minimum absolute atomic E-state index is 0.0498. The predicted octanol–water partition coefficient (Wildman–Crippen LogP) is 1.07. The van der Waals surface area contributed by atoms with Crippen LogP contribution in [0.1, 0.15) is 28.8 Å². The van der Waals surface area contributed by atoms with Crippen molar-refractivity contribution in [1.82, 2.24) is 10.2 Å². The summed E-state index contributed by atoms with van der Waals surface area (Å²) in [7, 11) is 4.10. The standard InChI is InChI=1S/C16H23N3O/c1-19(2)12-4-3-11-18-16(20)15-9-5-7-14(13-15)8-6-10-17/h5,7,9,13H,3-4,10-12,17H2,1-2H3,(H,18,20). The quantitative estimate of drug-likeness (QED) is 0.602. The van der Waals surface area contributed by atoms with E-state index in [4.69, 9.17) is 5.73 Å². The van der Waals surface area contributed by atoms with Crippen molar-refractivity contribution in [2.75, 3.05) is 33.7 Å². The Labute approximate surface area is 121 Å². The van der Waals surface area contributed by atoms with Gasteiger partial charge in [0.25, 0.3) is 5.91 Å². The molecule has 0 heterocycles. The first-order chi connectivity index (χ1) is 9.63. The number of carbonyl (C=O) groups is 1. The number of rotatable bonds is 6. The van der Waals surface area contributed by atoms with E-state index in [1.807, 2.05) is 26.2 Å². The Morgan fingerprint density at radius 1 is 1.35 bits per heavy atom. The molecule has 1 aromatic rings. The summed E-state index contributed by atoms with van der Waals surface area (Å²) in [5, 5.41) is 2.93. The number of nitrogens with one attached hydrogen (secondary N) is 1. The maximum Gasteiger partial charge on any atom is 0.251 e. The van der Waals surface area contributed by atoms with Crippen LogP contribution in [0.2, 0.25) is 0 Å². The van der Waals surface area contributed by atoms with Crippen LogP contribution in [0.4, 0.5) is 0 Å². The van der Waals surface area contributed by atoms with Crippen LogP contribution in [0.5, 0.6) is 0 Å². The number of nitrogens with zero attached hydrogens (tertiary/aromatic N) is 1. The van der Waals surface area contributed by atoms with Crippen LogP contribution in [0, 0.1) is 11.8 Å². The molecule has 0 aliphatic heterocycles. The highest BCUT2D eigenvalue weighted by molar-refractivity contribution is 5.94. The molecule has 4 heteroatoms. The molecule has 0 bridgehead atoms. The van der Waals surface area contributed by atoms with E-state index in [0.29, 0.717) is 18.7 Å². The summed E-state index contributed by atoms with van der Waals surface area (Å²) in [4.78, 5) is 14.1. The monoisotopic (exact) mass is 273 g/mol. The topological polar surface area (TPSA) is 58.4 Å². The number of hydrogen-bond acceptors (Lipinski definition) is 3. The molecule has 0 saturated heterocycles. The van der Waals surface area contributed by atoms with Crippen molar-refractivity contribution in [2.24, 2.45) is 5.73 Å². The molecule has 1 amide bonds. The number of amides is 1. The number of hydrogen-bond donors (Lipinski definition) is 2. The Bertz CT molecular complexity index is 486. The van der Waals surface area contributed by atoms with E-state index in [0.717, 1.165) is 24.9 Å². The summed E-state index contributed by atoms with van der Waals surface area (Å²) in [5.74, 6) is 5.66. The first-order valence-electron chi connectivity index (χ1n) is 6.85. The van der Waals surface area contributed by atoms with Gasteiger partial charge >= 0.3 is 0 Å². The van der Waals surface area contributed by atoms with Gasteiger partial charge in [-0.2, -0.15) is 0 Å². The molecule has 0 aliphatic rings. The van der Waals surface area contributed by atoms with Crippen LogP contribution < -0.4 is 11.1 Å². The fourth-order valence-corrected chi connectivity index (χ4v) is 1.75. The molecule has 0 aliphatic carbocycles. The van der Waals surface area contributed by atoms with Gasteiger partial charge in [-0.25, -0.2) is 0 Å². The van der Waals surface area contributed by atoms with Crippen LogP contribution in [0.3, 0.4) is 0 Å². The number of benzene rings is 1. The molecule has 0 fully saturated rings. The lowest BCUT2D eigenvalue weighted by atomic mass is 10.1. The highest BCUT2D eigenvalue weighted by Crippen LogP contribution is 2.04. The molecule has 1 rings (SSSR count).